The minimum absolute atomic E-state index is 0. The number of aliphatic carboxylic acids is 1. The zero-order valence-corrected chi connectivity index (χ0v) is 51.0. The van der Waals surface area contributed by atoms with Gasteiger partial charge >= 0.3 is 42.3 Å². The Hall–Kier alpha value is -8.60. The van der Waals surface area contributed by atoms with Crippen molar-refractivity contribution < 1.29 is 83.5 Å². The molecule has 0 heterocycles. The highest BCUT2D eigenvalue weighted by molar-refractivity contribution is 5.90. The number of esters is 2. The van der Waals surface area contributed by atoms with E-state index in [9.17, 15) is 53.7 Å². The van der Waals surface area contributed by atoms with Crippen LogP contribution < -0.4 is 32.3 Å². The Morgan fingerprint density at radius 1 is 0.518 bits per heavy atom. The summed E-state index contributed by atoms with van der Waals surface area (Å²) in [5, 5.41) is 41.9. The van der Waals surface area contributed by atoms with Gasteiger partial charge in [-0.2, -0.15) is 0 Å². The smallest absolute Gasteiger partial charge is 0.408 e. The maximum absolute atomic E-state index is 13.5. The van der Waals surface area contributed by atoms with Crippen LogP contribution in [0.25, 0.3) is 0 Å². The van der Waals surface area contributed by atoms with Crippen molar-refractivity contribution in [3.8, 4) is 11.5 Å². The third-order valence-corrected chi connectivity index (χ3v) is 12.3. The van der Waals surface area contributed by atoms with Crippen LogP contribution in [0.1, 0.15) is 126 Å². The van der Waals surface area contributed by atoms with Crippen molar-refractivity contribution in [2.24, 2.45) is 5.73 Å². The summed E-state index contributed by atoms with van der Waals surface area (Å²) < 4.78 is 30.1. The van der Waals surface area contributed by atoms with Crippen molar-refractivity contribution in [2.45, 2.75) is 169 Å². The molecule has 10 N–H and O–H groups in total. The van der Waals surface area contributed by atoms with E-state index in [0.717, 1.165) is 57.3 Å². The van der Waals surface area contributed by atoms with Crippen LogP contribution in [0.15, 0.2) is 84.9 Å². The van der Waals surface area contributed by atoms with E-state index in [-0.39, 0.29) is 45.4 Å². The quantitative estimate of drug-likeness (QED) is 0.0170. The first kappa shape index (κ1) is 72.5. The number of carboxylic acid groups (broad SMARTS) is 1. The number of carboxylic acids is 1. The zero-order chi connectivity index (χ0) is 63.9. The van der Waals surface area contributed by atoms with E-state index in [1.54, 1.807) is 72.7 Å². The Morgan fingerprint density at radius 2 is 0.894 bits per heavy atom. The number of aryl methyl sites for hydroxylation is 4. The summed E-state index contributed by atoms with van der Waals surface area (Å²) in [6.07, 6.45) is 0.945. The Balaban J connectivity index is 0.000000711. The molecule has 0 aromatic heterocycles. The van der Waals surface area contributed by atoms with Crippen molar-refractivity contribution in [2.75, 3.05) is 27.3 Å². The summed E-state index contributed by atoms with van der Waals surface area (Å²) >= 11 is 0. The Labute approximate surface area is 499 Å². The fourth-order valence-electron chi connectivity index (χ4n) is 8.12. The molecule has 470 valence electrons. The van der Waals surface area contributed by atoms with Gasteiger partial charge in [0, 0.05) is 27.4 Å². The number of methoxy groups -OCH3 is 2. The normalized spacial score (nSPS) is 12.2. The van der Waals surface area contributed by atoms with Crippen molar-refractivity contribution in [3.63, 3.8) is 0 Å². The Kier molecular flexibility index (Phi) is 31.4. The highest BCUT2D eigenvalue weighted by Crippen LogP contribution is 2.24. The molecule has 0 saturated carbocycles. The lowest BCUT2D eigenvalue weighted by Gasteiger charge is -2.23. The van der Waals surface area contributed by atoms with E-state index >= 15 is 0 Å². The second-order valence-electron chi connectivity index (χ2n) is 21.9. The second kappa shape index (κ2) is 36.9. The maximum atomic E-state index is 13.5. The van der Waals surface area contributed by atoms with Gasteiger partial charge in [-0.1, -0.05) is 60.7 Å². The number of unbranched alkanes of at least 4 members (excludes halogenated alkanes) is 2. The summed E-state index contributed by atoms with van der Waals surface area (Å²) in [5.74, 6) is -2.57. The molecule has 4 atom stereocenters. The van der Waals surface area contributed by atoms with E-state index in [4.69, 9.17) is 29.4 Å². The molecule has 0 aliphatic heterocycles. The van der Waals surface area contributed by atoms with Crippen LogP contribution in [0.5, 0.6) is 11.5 Å². The minimum Gasteiger partial charge on any atom is -0.508 e. The SMILES string of the molecule is COC(=O)[C@@H](N)CCCCNC(=O)OC(C)(C)C.COC(=O)[C@H](CCCCNC(=O)OC(C)(C)C)NC(=O)[C@H](Cc1c(C)cc(O)cc1C)NC(=O)OCc1ccccc1.Cc1cc(O)cc(C)c1C[C@H](NC(=O)OCc1ccccc1)C(=O)O.[HH]. The van der Waals surface area contributed by atoms with Crippen LogP contribution in [0.4, 0.5) is 19.2 Å². The lowest BCUT2D eigenvalue weighted by molar-refractivity contribution is -0.145. The highest BCUT2D eigenvalue weighted by atomic mass is 16.6. The molecule has 5 amide bonds. The fourth-order valence-corrected chi connectivity index (χ4v) is 8.12. The van der Waals surface area contributed by atoms with Gasteiger partial charge in [0.2, 0.25) is 5.91 Å². The summed E-state index contributed by atoms with van der Waals surface area (Å²) in [4.78, 5) is 96.2. The molecular weight excluding hydrogens is 1100 g/mol. The van der Waals surface area contributed by atoms with E-state index in [2.05, 4.69) is 31.3 Å². The molecule has 0 bridgehead atoms. The molecule has 0 aliphatic carbocycles. The van der Waals surface area contributed by atoms with Crippen molar-refractivity contribution in [3.05, 3.63) is 129 Å². The number of phenols is 2. The van der Waals surface area contributed by atoms with Gasteiger partial charge in [0.25, 0.3) is 0 Å². The summed E-state index contributed by atoms with van der Waals surface area (Å²) in [6.45, 7) is 18.8. The number of benzene rings is 4. The number of ether oxygens (including phenoxy) is 6. The predicted octanol–water partition coefficient (Wildman–Crippen LogP) is 8.56. The number of hydrogen-bond acceptors (Lipinski definition) is 17. The average molecular weight is 1190 g/mol. The van der Waals surface area contributed by atoms with Gasteiger partial charge in [-0.25, -0.2) is 28.8 Å². The van der Waals surface area contributed by atoms with E-state index < -0.39 is 83.6 Å². The largest absolute Gasteiger partial charge is 0.508 e. The Morgan fingerprint density at radius 3 is 1.27 bits per heavy atom. The van der Waals surface area contributed by atoms with Gasteiger partial charge in [-0.05, 0) is 177 Å². The molecule has 4 rings (SSSR count). The first-order valence-electron chi connectivity index (χ1n) is 27.8. The molecule has 4 aromatic carbocycles. The van der Waals surface area contributed by atoms with Crippen LogP contribution >= 0.6 is 0 Å². The molecule has 85 heavy (non-hydrogen) atoms. The van der Waals surface area contributed by atoms with Crippen LogP contribution in [0, 0.1) is 27.7 Å². The number of hydrogen-bond donors (Lipinski definition) is 9. The minimum atomic E-state index is -1.15. The number of aromatic hydroxyl groups is 2. The van der Waals surface area contributed by atoms with Crippen molar-refractivity contribution >= 4 is 48.2 Å². The van der Waals surface area contributed by atoms with Gasteiger partial charge in [0.1, 0.15) is 60.1 Å². The number of carbonyl (C=O) groups is 8. The number of rotatable bonds is 25. The second-order valence-corrected chi connectivity index (χ2v) is 21.9. The van der Waals surface area contributed by atoms with Crippen LogP contribution in [-0.2, 0) is 73.7 Å². The molecule has 0 unspecified atom stereocenters. The van der Waals surface area contributed by atoms with Gasteiger partial charge in [0.15, 0.2) is 0 Å². The molecule has 4 aromatic rings. The molecule has 0 saturated heterocycles. The Bertz CT molecular complexity index is 2750. The molecule has 0 spiro atoms. The number of nitrogens with one attached hydrogen (secondary N) is 5. The van der Waals surface area contributed by atoms with Crippen LogP contribution in [0.2, 0.25) is 0 Å². The van der Waals surface area contributed by atoms with Gasteiger partial charge < -0.3 is 76.1 Å². The van der Waals surface area contributed by atoms with Crippen molar-refractivity contribution in [1.29, 1.82) is 0 Å². The monoisotopic (exact) mass is 1190 g/mol. The molecule has 23 nitrogen and oxygen atoms in total. The van der Waals surface area contributed by atoms with Crippen molar-refractivity contribution in [1.82, 2.24) is 26.6 Å². The third kappa shape index (κ3) is 30.5. The number of alkyl carbamates (subject to hydrolysis) is 4. The topological polar surface area (TPSA) is 339 Å². The maximum Gasteiger partial charge on any atom is 0.408 e. The van der Waals surface area contributed by atoms with E-state index in [1.807, 2.05) is 81.4 Å². The van der Waals surface area contributed by atoms with Gasteiger partial charge in [0.05, 0.1) is 14.2 Å². The summed E-state index contributed by atoms with van der Waals surface area (Å²) in [7, 11) is 2.54. The molecular formula is C62H90N6O17. The van der Waals surface area contributed by atoms with Crippen LogP contribution in [-0.4, -0.2) is 126 Å². The number of phenolic OH excluding ortho intramolecular Hbond substituents is 2. The first-order chi connectivity index (χ1) is 39.9. The molecule has 0 radical (unpaired) electrons. The van der Waals surface area contributed by atoms with E-state index in [0.29, 0.717) is 32.4 Å². The summed E-state index contributed by atoms with van der Waals surface area (Å²) in [6, 6.07) is 20.8. The number of amides is 5. The predicted molar refractivity (Wildman–Crippen MR) is 320 cm³/mol. The third-order valence-electron chi connectivity index (χ3n) is 12.3. The average Bonchev–Trinajstić information content (AvgIpc) is 2.53. The first-order valence-corrected chi connectivity index (χ1v) is 27.8. The highest BCUT2D eigenvalue weighted by Gasteiger charge is 2.29. The lowest BCUT2D eigenvalue weighted by Crippen LogP contribution is -2.53. The summed E-state index contributed by atoms with van der Waals surface area (Å²) in [5.41, 5.74) is 10.6. The number of nitrogens with two attached hydrogens (primary N) is 1. The molecule has 0 fully saturated rings. The zero-order valence-electron chi connectivity index (χ0n) is 51.0. The van der Waals surface area contributed by atoms with Crippen LogP contribution in [0.3, 0.4) is 0 Å². The van der Waals surface area contributed by atoms with Gasteiger partial charge in [-0.3, -0.25) is 9.59 Å². The van der Waals surface area contributed by atoms with Gasteiger partial charge in [-0.15, -0.1) is 0 Å². The fraction of sp³-hybridized carbons (Fsp3) is 0.484. The number of carbonyl (C=O) groups excluding carboxylic acids is 7. The van der Waals surface area contributed by atoms with E-state index in [1.165, 1.54) is 14.2 Å². The standard InChI is InChI=1S/C31H43N3O8.C19H21NO5.C12H24N2O4.H2/c1-20-16-23(35)17-21(2)24(20)18-26(34-30(39)41-19-22-12-8-7-9-13-22)27(36)33-25(28(37)40-6)14-10-11-15-32-29(38)42-31(3,4)5;1-12-8-15(21)9-13(2)16(12)10-17(18(22)23)20-19(24)25-11-14-6-4-3-5-7-14;1-12(2,3)18-11(16)14-8-6-5-7-9(13)10(15)17-4;/h7-9,12-13,16-17,25-26,35H,10-11,14-15,18-19H2,1-6H3,(H,32,38)(H,33,36)(H,34,39);3-9,17,21H,10-11H2,1-2H3,(H,20,24)(H,22,23);9H,5-8,13H2,1-4H3,(H,14,16);1H/t25-,26-;17-;9-;/m000./s1. The lowest BCUT2D eigenvalue weighted by atomic mass is 9.95. The molecule has 0 aliphatic rings. The molecule has 23 heteroatoms.